The standard InChI is InChI=1S/C20H23ClF3N5O/c21-15-3-1-2-14(10-15)19(12-25)6-4-13(5-7-19)17(30)28-8-9-29-16(11-28)26-27-18(29)20(22,23)24/h1-3,10,13H,4-9,11-12,25H2. The number of rotatable bonds is 3. The summed E-state index contributed by atoms with van der Waals surface area (Å²) in [5, 5.41) is 7.59. The largest absolute Gasteiger partial charge is 0.451 e. The maximum atomic E-state index is 13.1. The van der Waals surface area contributed by atoms with Crippen LogP contribution in [0, 0.1) is 5.92 Å². The lowest BCUT2D eigenvalue weighted by atomic mass is 9.66. The fourth-order valence-corrected chi connectivity index (χ4v) is 4.85. The number of fused-ring (bicyclic) bond motifs is 1. The maximum Gasteiger partial charge on any atom is 0.451 e. The van der Waals surface area contributed by atoms with Gasteiger partial charge in [0, 0.05) is 36.0 Å². The van der Waals surface area contributed by atoms with Crippen molar-refractivity contribution in [2.45, 2.75) is 50.4 Å². The lowest BCUT2D eigenvalue weighted by Crippen LogP contribution is -2.46. The van der Waals surface area contributed by atoms with Crippen LogP contribution in [0.1, 0.15) is 42.9 Å². The number of carbonyl (C=O) groups is 1. The van der Waals surface area contributed by atoms with Gasteiger partial charge in [-0.1, -0.05) is 23.7 Å². The van der Waals surface area contributed by atoms with Gasteiger partial charge in [0.15, 0.2) is 5.82 Å². The van der Waals surface area contributed by atoms with Crippen molar-refractivity contribution < 1.29 is 18.0 Å². The van der Waals surface area contributed by atoms with Gasteiger partial charge in [-0.05, 0) is 43.4 Å². The summed E-state index contributed by atoms with van der Waals surface area (Å²) >= 11 is 6.15. The van der Waals surface area contributed by atoms with Gasteiger partial charge in [-0.25, -0.2) is 0 Å². The molecule has 1 saturated carbocycles. The highest BCUT2D eigenvalue weighted by Crippen LogP contribution is 2.42. The van der Waals surface area contributed by atoms with Crippen LogP contribution in [0.2, 0.25) is 5.02 Å². The topological polar surface area (TPSA) is 77.0 Å². The van der Waals surface area contributed by atoms with Gasteiger partial charge in [-0.15, -0.1) is 10.2 Å². The number of hydrogen-bond donors (Lipinski definition) is 1. The van der Waals surface area contributed by atoms with E-state index in [4.69, 9.17) is 17.3 Å². The summed E-state index contributed by atoms with van der Waals surface area (Å²) < 4.78 is 40.1. The number of aromatic nitrogens is 3. The number of alkyl halides is 3. The van der Waals surface area contributed by atoms with E-state index in [9.17, 15) is 18.0 Å². The van der Waals surface area contributed by atoms with E-state index < -0.39 is 12.0 Å². The number of nitrogens with two attached hydrogens (primary N) is 1. The molecular formula is C20H23ClF3N5O. The van der Waals surface area contributed by atoms with Crippen LogP contribution in [-0.2, 0) is 29.5 Å². The van der Waals surface area contributed by atoms with E-state index in [-0.39, 0.29) is 42.7 Å². The van der Waals surface area contributed by atoms with Crippen LogP contribution in [-0.4, -0.2) is 38.7 Å². The van der Waals surface area contributed by atoms with Crippen molar-refractivity contribution in [3.8, 4) is 0 Å². The Morgan fingerprint density at radius 2 is 1.97 bits per heavy atom. The molecular weight excluding hydrogens is 419 g/mol. The van der Waals surface area contributed by atoms with Gasteiger partial charge < -0.3 is 15.2 Å². The Bertz CT molecular complexity index is 937. The van der Waals surface area contributed by atoms with Crippen molar-refractivity contribution in [2.75, 3.05) is 13.1 Å². The van der Waals surface area contributed by atoms with E-state index in [2.05, 4.69) is 10.2 Å². The molecule has 1 aliphatic carbocycles. The van der Waals surface area contributed by atoms with Gasteiger partial charge in [0.25, 0.3) is 0 Å². The lowest BCUT2D eigenvalue weighted by Gasteiger charge is -2.41. The number of halogens is 4. The summed E-state index contributed by atoms with van der Waals surface area (Å²) in [7, 11) is 0. The quantitative estimate of drug-likeness (QED) is 0.792. The summed E-state index contributed by atoms with van der Waals surface area (Å²) in [6.45, 7) is 0.792. The highest BCUT2D eigenvalue weighted by molar-refractivity contribution is 6.30. The fraction of sp³-hybridized carbons (Fsp3) is 0.550. The van der Waals surface area contributed by atoms with Crippen LogP contribution in [0.3, 0.4) is 0 Å². The minimum atomic E-state index is -4.55. The Morgan fingerprint density at radius 1 is 1.23 bits per heavy atom. The van der Waals surface area contributed by atoms with Crippen LogP contribution in [0.4, 0.5) is 13.2 Å². The average molecular weight is 442 g/mol. The molecule has 162 valence electrons. The van der Waals surface area contributed by atoms with Crippen molar-refractivity contribution >= 4 is 17.5 Å². The predicted molar refractivity (Wildman–Crippen MR) is 105 cm³/mol. The summed E-state index contributed by atoms with van der Waals surface area (Å²) in [4.78, 5) is 14.7. The van der Waals surface area contributed by atoms with Gasteiger partial charge >= 0.3 is 6.18 Å². The number of carbonyl (C=O) groups excluding carboxylic acids is 1. The zero-order valence-corrected chi connectivity index (χ0v) is 17.1. The summed E-state index contributed by atoms with van der Waals surface area (Å²) in [6.07, 6.45) is -1.66. The molecule has 4 rings (SSSR count). The van der Waals surface area contributed by atoms with Crippen molar-refractivity contribution in [3.63, 3.8) is 0 Å². The molecule has 0 radical (unpaired) electrons. The Balaban J connectivity index is 1.43. The van der Waals surface area contributed by atoms with Gasteiger partial charge in [0.05, 0.1) is 6.54 Å². The Hall–Kier alpha value is -2.13. The molecule has 10 heteroatoms. The number of benzene rings is 1. The summed E-state index contributed by atoms with van der Waals surface area (Å²) in [5.41, 5.74) is 7.02. The van der Waals surface area contributed by atoms with Crippen LogP contribution in [0.5, 0.6) is 0 Å². The zero-order chi connectivity index (χ0) is 21.5. The third kappa shape index (κ3) is 3.80. The van der Waals surface area contributed by atoms with Gasteiger partial charge in [0.1, 0.15) is 0 Å². The molecule has 0 bridgehead atoms. The van der Waals surface area contributed by atoms with E-state index in [1.165, 1.54) is 0 Å². The summed E-state index contributed by atoms with van der Waals surface area (Å²) in [6, 6.07) is 7.69. The van der Waals surface area contributed by atoms with Crippen LogP contribution in [0.25, 0.3) is 0 Å². The highest BCUT2D eigenvalue weighted by atomic mass is 35.5. The highest BCUT2D eigenvalue weighted by Gasteiger charge is 2.42. The molecule has 1 aromatic heterocycles. The normalized spacial score (nSPS) is 24.6. The Labute approximate surface area is 177 Å². The first kappa shape index (κ1) is 21.1. The van der Waals surface area contributed by atoms with Crippen LogP contribution >= 0.6 is 11.6 Å². The molecule has 0 spiro atoms. The number of nitrogens with zero attached hydrogens (tertiary/aromatic N) is 4. The van der Waals surface area contributed by atoms with E-state index in [1.54, 1.807) is 4.90 Å². The molecule has 2 N–H and O–H groups in total. The van der Waals surface area contributed by atoms with Crippen molar-refractivity contribution in [1.82, 2.24) is 19.7 Å². The monoisotopic (exact) mass is 441 g/mol. The molecule has 2 heterocycles. The first-order valence-corrected chi connectivity index (χ1v) is 10.4. The second-order valence-electron chi connectivity index (χ2n) is 8.12. The van der Waals surface area contributed by atoms with Gasteiger partial charge in [-0.3, -0.25) is 4.79 Å². The summed E-state index contributed by atoms with van der Waals surface area (Å²) in [5.74, 6) is -1.03. The first-order valence-electron chi connectivity index (χ1n) is 9.98. The minimum absolute atomic E-state index is 0.0328. The van der Waals surface area contributed by atoms with Crippen LogP contribution in [0.15, 0.2) is 24.3 Å². The molecule has 1 aromatic carbocycles. The van der Waals surface area contributed by atoms with Crippen molar-refractivity contribution in [3.05, 3.63) is 46.5 Å². The molecule has 0 unspecified atom stereocenters. The Morgan fingerprint density at radius 3 is 2.60 bits per heavy atom. The number of hydrogen-bond acceptors (Lipinski definition) is 4. The lowest BCUT2D eigenvalue weighted by molar-refractivity contribution is -0.148. The zero-order valence-electron chi connectivity index (χ0n) is 16.3. The number of amides is 1. The SMILES string of the molecule is NCC1(c2cccc(Cl)c2)CCC(C(=O)N2CCn3c(nnc3C(F)(F)F)C2)CC1. The van der Waals surface area contributed by atoms with Crippen molar-refractivity contribution in [1.29, 1.82) is 0 Å². The molecule has 0 atom stereocenters. The van der Waals surface area contributed by atoms with E-state index in [1.807, 2.05) is 24.3 Å². The van der Waals surface area contributed by atoms with E-state index >= 15 is 0 Å². The van der Waals surface area contributed by atoms with Crippen LogP contribution < -0.4 is 5.73 Å². The maximum absolute atomic E-state index is 13.1. The molecule has 1 fully saturated rings. The average Bonchev–Trinajstić information content (AvgIpc) is 3.17. The molecule has 1 aliphatic heterocycles. The van der Waals surface area contributed by atoms with Gasteiger partial charge in [-0.2, -0.15) is 13.2 Å². The third-order valence-electron chi connectivity index (χ3n) is 6.44. The first-order chi connectivity index (χ1) is 14.2. The Kier molecular flexibility index (Phi) is 5.52. The molecule has 2 aliphatic rings. The molecule has 2 aromatic rings. The third-order valence-corrected chi connectivity index (χ3v) is 6.67. The second-order valence-corrected chi connectivity index (χ2v) is 8.55. The molecule has 30 heavy (non-hydrogen) atoms. The second kappa shape index (κ2) is 7.85. The van der Waals surface area contributed by atoms with E-state index in [0.29, 0.717) is 24.4 Å². The molecule has 1 amide bonds. The van der Waals surface area contributed by atoms with E-state index in [0.717, 1.165) is 23.0 Å². The minimum Gasteiger partial charge on any atom is -0.333 e. The molecule has 6 nitrogen and oxygen atoms in total. The van der Waals surface area contributed by atoms with Gasteiger partial charge in [0.2, 0.25) is 11.7 Å². The predicted octanol–water partition coefficient (Wildman–Crippen LogP) is 3.38. The van der Waals surface area contributed by atoms with Crippen molar-refractivity contribution in [2.24, 2.45) is 11.7 Å². The fourth-order valence-electron chi connectivity index (χ4n) is 4.66. The smallest absolute Gasteiger partial charge is 0.333 e. The molecule has 0 saturated heterocycles.